The maximum absolute atomic E-state index is 12.1. The Bertz CT molecular complexity index is 1340. The molecule has 0 bridgehead atoms. The van der Waals surface area contributed by atoms with E-state index in [1.54, 1.807) is 0 Å². The number of hydrogen-bond donors (Lipinski definition) is 14. The average molecular weight is 802 g/mol. The van der Waals surface area contributed by atoms with Crippen molar-refractivity contribution in [3.05, 3.63) is 0 Å². The molecule has 26 nitrogen and oxygen atoms in total. The lowest BCUT2D eigenvalue weighted by atomic mass is 9.94. The predicted octanol–water partition coefficient (Wildman–Crippen LogP) is -9.69. The average Bonchev–Trinajstić information content (AvgIpc) is 3.08. The summed E-state index contributed by atoms with van der Waals surface area (Å²) in [6.45, 7) is -1.89. The molecule has 0 aliphatic carbocycles. The van der Waals surface area contributed by atoms with Gasteiger partial charge in [-0.3, -0.25) is 9.35 Å². The molecule has 4 rings (SSSR count). The number of carboxylic acids is 1. The van der Waals surface area contributed by atoms with E-state index in [4.69, 9.17) is 37.7 Å². The second kappa shape index (κ2) is 17.9. The van der Waals surface area contributed by atoms with Gasteiger partial charge < -0.3 is 99.8 Å². The third kappa shape index (κ3) is 9.73. The summed E-state index contributed by atoms with van der Waals surface area (Å²) in [6, 6.07) is -1.69. The van der Waals surface area contributed by atoms with E-state index >= 15 is 0 Å². The van der Waals surface area contributed by atoms with Crippen molar-refractivity contribution in [2.75, 3.05) is 19.8 Å². The Kier molecular flexibility index (Phi) is 14.8. The summed E-state index contributed by atoms with van der Waals surface area (Å²) >= 11 is 0. The van der Waals surface area contributed by atoms with E-state index in [9.17, 15) is 79.3 Å². The van der Waals surface area contributed by atoms with Gasteiger partial charge in [0.15, 0.2) is 31.3 Å². The zero-order chi connectivity index (χ0) is 39.7. The van der Waals surface area contributed by atoms with Gasteiger partial charge in [-0.25, -0.2) is 8.98 Å². The first kappa shape index (κ1) is 43.8. The van der Waals surface area contributed by atoms with Crippen LogP contribution in [0.4, 0.5) is 0 Å². The number of hydrogen-bond acceptors (Lipinski definition) is 23. The highest BCUT2D eigenvalue weighted by molar-refractivity contribution is 7.80. The summed E-state index contributed by atoms with van der Waals surface area (Å²) < 4.78 is 73.8. The Morgan fingerprint density at radius 2 is 1.08 bits per heavy atom. The van der Waals surface area contributed by atoms with Gasteiger partial charge in [-0.2, -0.15) is 8.42 Å². The topological polar surface area (TPSA) is 417 Å². The van der Waals surface area contributed by atoms with Crippen molar-refractivity contribution in [2.24, 2.45) is 0 Å². The number of ether oxygens (including phenoxy) is 7. The van der Waals surface area contributed by atoms with Gasteiger partial charge in [0.25, 0.3) is 0 Å². The zero-order valence-electron chi connectivity index (χ0n) is 27.3. The number of carboxylic acid groups (broad SMARTS) is 1. The SMILES string of the molecule is CC(=O)N[C@H]1[C@H](O[C@H]2[C@@H](O)[C@@H](CO)OC(O)[C@@H]2O)O[C@H](CO)[C@@H](O[C@@H]2O[C@H](CO)[C@H](O)[C@H](O[C@@H]3O[C@H](C(=O)O)[C@@H](O)[C@H](OS(=O)(=O)O)[C@H]3O)[C@H]2O)[C@@H]1O. The van der Waals surface area contributed by atoms with Crippen molar-refractivity contribution < 1.29 is 121 Å². The van der Waals surface area contributed by atoms with Crippen LogP contribution < -0.4 is 5.32 Å². The summed E-state index contributed by atoms with van der Waals surface area (Å²) in [5, 5.41) is 127. The van der Waals surface area contributed by atoms with Crippen LogP contribution >= 0.6 is 0 Å². The normalized spacial score (nSPS) is 46.8. The summed E-state index contributed by atoms with van der Waals surface area (Å²) in [6.07, 6.45) is -38.7. The summed E-state index contributed by atoms with van der Waals surface area (Å²) in [5.41, 5.74) is 0. The first-order valence-corrected chi connectivity index (χ1v) is 17.1. The summed E-state index contributed by atoms with van der Waals surface area (Å²) in [7, 11) is -5.44. The standard InChI is InChI=1S/C26H43NO25S/c1-5(31)27-9-12(34)17(8(4-30)47-24(9)49-18-10(32)6(2-28)45-23(41)14(18)36)48-25-15(37)19(11(33)7(3-29)46-25)50-26-16(38)20(52-53(42,43)44)13(35)21(51-26)22(39)40/h6-21,23-26,28-30,32-38,41H,2-4H2,1H3,(H,27,31)(H,39,40)(H,42,43,44)/t6-,7-,8-,9-,10+,11+,12-,13+,14-,15-,16-,17-,18+,19+,20+,21+,23?,24+,25+,26-/m1/s1. The largest absolute Gasteiger partial charge is 0.479 e. The van der Waals surface area contributed by atoms with Crippen LogP contribution in [0.5, 0.6) is 0 Å². The Morgan fingerprint density at radius 3 is 1.60 bits per heavy atom. The van der Waals surface area contributed by atoms with E-state index in [2.05, 4.69) is 9.50 Å². The molecule has 0 aromatic rings. The van der Waals surface area contributed by atoms with Crippen LogP contribution in [0.2, 0.25) is 0 Å². The molecule has 0 aromatic carbocycles. The Labute approximate surface area is 298 Å². The molecule has 1 unspecified atom stereocenters. The first-order chi connectivity index (χ1) is 24.7. The number of nitrogens with one attached hydrogen (secondary N) is 1. The number of aliphatic carboxylic acids is 1. The molecule has 53 heavy (non-hydrogen) atoms. The highest BCUT2D eigenvalue weighted by Gasteiger charge is 2.57. The third-order valence-corrected chi connectivity index (χ3v) is 9.24. The Balaban J connectivity index is 1.58. The van der Waals surface area contributed by atoms with E-state index in [0.29, 0.717) is 0 Å². The van der Waals surface area contributed by atoms with Gasteiger partial charge in [-0.15, -0.1) is 0 Å². The minimum Gasteiger partial charge on any atom is -0.479 e. The van der Waals surface area contributed by atoms with Crippen molar-refractivity contribution in [1.29, 1.82) is 0 Å². The Morgan fingerprint density at radius 1 is 0.604 bits per heavy atom. The molecule has 20 atom stereocenters. The molecular weight excluding hydrogens is 758 g/mol. The molecule has 14 N–H and O–H groups in total. The lowest BCUT2D eigenvalue weighted by molar-refractivity contribution is -0.379. The van der Waals surface area contributed by atoms with Crippen LogP contribution in [0.3, 0.4) is 0 Å². The van der Waals surface area contributed by atoms with E-state index in [0.717, 1.165) is 6.92 Å². The second-order valence-electron chi connectivity index (χ2n) is 12.4. The highest BCUT2D eigenvalue weighted by Crippen LogP contribution is 2.35. The number of carbonyl (C=O) groups is 2. The van der Waals surface area contributed by atoms with E-state index in [1.165, 1.54) is 0 Å². The van der Waals surface area contributed by atoms with Crippen molar-refractivity contribution in [1.82, 2.24) is 5.32 Å². The minimum atomic E-state index is -5.44. The quantitative estimate of drug-likeness (QED) is 0.0769. The highest BCUT2D eigenvalue weighted by atomic mass is 32.3. The molecule has 0 aromatic heterocycles. The molecular formula is C26H43NO25S. The Hall–Kier alpha value is -1.91. The van der Waals surface area contributed by atoms with Crippen molar-refractivity contribution in [2.45, 2.75) is 130 Å². The van der Waals surface area contributed by atoms with Gasteiger partial charge in [0.2, 0.25) is 5.91 Å². The molecule has 1 amide bonds. The van der Waals surface area contributed by atoms with Crippen LogP contribution in [0.15, 0.2) is 0 Å². The van der Waals surface area contributed by atoms with Gasteiger partial charge >= 0.3 is 16.4 Å². The van der Waals surface area contributed by atoms with Gasteiger partial charge in [0.1, 0.15) is 91.5 Å². The third-order valence-electron chi connectivity index (χ3n) is 8.78. The fourth-order valence-electron chi connectivity index (χ4n) is 6.16. The molecule has 4 aliphatic heterocycles. The van der Waals surface area contributed by atoms with E-state index in [-0.39, 0.29) is 0 Å². The molecule has 0 radical (unpaired) electrons. The van der Waals surface area contributed by atoms with E-state index < -0.39 is 165 Å². The lowest BCUT2D eigenvalue weighted by Gasteiger charge is -2.49. The molecule has 308 valence electrons. The predicted molar refractivity (Wildman–Crippen MR) is 156 cm³/mol. The molecule has 4 aliphatic rings. The number of amides is 1. The van der Waals surface area contributed by atoms with Crippen molar-refractivity contribution >= 4 is 22.3 Å². The molecule has 27 heteroatoms. The molecule has 4 heterocycles. The van der Waals surface area contributed by atoms with Crippen molar-refractivity contribution in [3.63, 3.8) is 0 Å². The van der Waals surface area contributed by atoms with Gasteiger partial charge in [-0.1, -0.05) is 0 Å². The van der Waals surface area contributed by atoms with Gasteiger partial charge in [-0.05, 0) is 0 Å². The second-order valence-corrected chi connectivity index (χ2v) is 13.5. The molecule has 0 spiro atoms. The van der Waals surface area contributed by atoms with Crippen LogP contribution in [0.1, 0.15) is 6.92 Å². The molecule has 4 fully saturated rings. The van der Waals surface area contributed by atoms with E-state index in [1.807, 2.05) is 0 Å². The fourth-order valence-corrected chi connectivity index (χ4v) is 6.67. The number of aliphatic hydroxyl groups excluding tert-OH is 11. The van der Waals surface area contributed by atoms with Crippen molar-refractivity contribution in [3.8, 4) is 0 Å². The maximum Gasteiger partial charge on any atom is 0.397 e. The first-order valence-electron chi connectivity index (χ1n) is 15.7. The van der Waals surface area contributed by atoms with Crippen LogP contribution in [-0.4, -0.2) is 229 Å². The number of carbonyl (C=O) groups excluding carboxylic acids is 1. The molecule has 0 saturated carbocycles. The minimum absolute atomic E-state index is 0.813. The maximum atomic E-state index is 12.1. The fraction of sp³-hybridized carbons (Fsp3) is 0.923. The molecule has 4 saturated heterocycles. The van der Waals surface area contributed by atoms with Gasteiger partial charge in [0.05, 0.1) is 19.8 Å². The zero-order valence-corrected chi connectivity index (χ0v) is 28.1. The number of rotatable bonds is 13. The smallest absolute Gasteiger partial charge is 0.397 e. The van der Waals surface area contributed by atoms with Crippen LogP contribution in [0.25, 0.3) is 0 Å². The van der Waals surface area contributed by atoms with Gasteiger partial charge in [0, 0.05) is 6.92 Å². The lowest BCUT2D eigenvalue weighted by Crippen LogP contribution is -2.69. The number of aliphatic hydroxyl groups is 11. The van der Waals surface area contributed by atoms with Crippen LogP contribution in [0, 0.1) is 0 Å². The monoisotopic (exact) mass is 801 g/mol. The summed E-state index contributed by atoms with van der Waals surface area (Å²) in [5.74, 6) is -2.75. The summed E-state index contributed by atoms with van der Waals surface area (Å²) in [4.78, 5) is 23.9. The van der Waals surface area contributed by atoms with Crippen LogP contribution in [-0.2, 0) is 57.3 Å².